The molecular formula is C23H17ClF6N6O4. The van der Waals surface area contributed by atoms with E-state index in [2.05, 4.69) is 20.5 Å². The van der Waals surface area contributed by atoms with Gasteiger partial charge in [-0.15, -0.1) is 15.3 Å². The van der Waals surface area contributed by atoms with Gasteiger partial charge >= 0.3 is 6.18 Å². The van der Waals surface area contributed by atoms with Crippen LogP contribution in [0.5, 0.6) is 0 Å². The van der Waals surface area contributed by atoms with Crippen molar-refractivity contribution in [2.24, 2.45) is 0 Å². The summed E-state index contributed by atoms with van der Waals surface area (Å²) in [6.07, 6.45) is -8.77. The van der Waals surface area contributed by atoms with E-state index >= 15 is 0 Å². The van der Waals surface area contributed by atoms with Gasteiger partial charge in [0.25, 0.3) is 0 Å². The third kappa shape index (κ3) is 4.92. The molecule has 0 saturated carbocycles. The smallest absolute Gasteiger partial charge is 0.394 e. The zero-order valence-electron chi connectivity index (χ0n) is 19.7. The Morgan fingerprint density at radius 3 is 2.35 bits per heavy atom. The predicted octanol–water partition coefficient (Wildman–Crippen LogP) is 3.01. The monoisotopic (exact) mass is 590 g/mol. The minimum absolute atomic E-state index is 0.0841. The molecule has 2 aromatic carbocycles. The summed E-state index contributed by atoms with van der Waals surface area (Å²) in [5.74, 6) is -4.84. The summed E-state index contributed by atoms with van der Waals surface area (Å²) in [5.41, 5.74) is -1.57. The molecule has 1 aliphatic heterocycles. The first-order valence-corrected chi connectivity index (χ1v) is 11.7. The van der Waals surface area contributed by atoms with Crippen LogP contribution in [0.3, 0.4) is 0 Å². The molecule has 10 nitrogen and oxygen atoms in total. The van der Waals surface area contributed by atoms with E-state index in [1.807, 2.05) is 0 Å². The average molecular weight is 591 g/mol. The highest BCUT2D eigenvalue weighted by atomic mass is 35.5. The average Bonchev–Trinajstić information content (AvgIpc) is 3.57. The maximum atomic E-state index is 13.7. The van der Waals surface area contributed by atoms with Gasteiger partial charge in [-0.05, 0) is 30.3 Å². The van der Waals surface area contributed by atoms with Crippen molar-refractivity contribution >= 4 is 11.6 Å². The number of aliphatic hydroxyl groups is 3. The Labute approximate surface area is 225 Å². The molecule has 5 atom stereocenters. The zero-order chi connectivity index (χ0) is 28.9. The molecule has 5 rings (SSSR count). The predicted molar refractivity (Wildman–Crippen MR) is 122 cm³/mol. The quantitative estimate of drug-likeness (QED) is 0.239. The first-order chi connectivity index (χ1) is 18.9. The third-order valence-corrected chi connectivity index (χ3v) is 6.68. The topological polar surface area (TPSA) is 131 Å². The molecule has 17 heteroatoms. The molecule has 0 aliphatic carbocycles. The summed E-state index contributed by atoms with van der Waals surface area (Å²) in [6.45, 7) is -0.760. The van der Waals surface area contributed by atoms with Crippen molar-refractivity contribution in [2.75, 3.05) is 6.61 Å². The number of rotatable bonds is 5. The number of benzene rings is 2. The number of aliphatic hydroxyl groups excluding tert-OH is 3. The first-order valence-electron chi connectivity index (χ1n) is 11.4. The number of nitrogens with zero attached hydrogens (tertiary/aromatic N) is 6. The Hall–Kier alpha value is -3.57. The number of aromatic nitrogens is 6. The molecule has 1 aliphatic rings. The second kappa shape index (κ2) is 10.4. The normalized spacial score (nSPS) is 23.5. The lowest BCUT2D eigenvalue weighted by atomic mass is 9.92. The maximum absolute atomic E-state index is 13.7. The van der Waals surface area contributed by atoms with E-state index in [0.717, 1.165) is 33.9 Å². The van der Waals surface area contributed by atoms with Crippen LogP contribution >= 0.6 is 11.6 Å². The van der Waals surface area contributed by atoms with Gasteiger partial charge in [-0.3, -0.25) is 4.57 Å². The number of ether oxygens (including phenoxy) is 1. The summed E-state index contributed by atoms with van der Waals surface area (Å²) in [7, 11) is 0. The van der Waals surface area contributed by atoms with Crippen LogP contribution in [0.15, 0.2) is 42.9 Å². The van der Waals surface area contributed by atoms with Crippen molar-refractivity contribution in [3.05, 3.63) is 76.7 Å². The molecule has 1 saturated heterocycles. The molecule has 0 bridgehead atoms. The van der Waals surface area contributed by atoms with Crippen LogP contribution in [0.1, 0.15) is 23.5 Å². The molecule has 0 amide bonds. The molecular weight excluding hydrogens is 574 g/mol. The summed E-state index contributed by atoms with van der Waals surface area (Å²) < 4.78 is 88.8. The van der Waals surface area contributed by atoms with E-state index in [1.165, 1.54) is 6.07 Å². The van der Waals surface area contributed by atoms with Crippen LogP contribution in [0.25, 0.3) is 16.9 Å². The molecule has 1 fully saturated rings. The Morgan fingerprint density at radius 2 is 1.70 bits per heavy atom. The van der Waals surface area contributed by atoms with Crippen molar-refractivity contribution in [2.45, 2.75) is 36.6 Å². The number of hydrogen-bond acceptors (Lipinski definition) is 8. The summed E-state index contributed by atoms with van der Waals surface area (Å²) in [6, 6.07) is 2.95. The fourth-order valence-electron chi connectivity index (χ4n) is 4.40. The van der Waals surface area contributed by atoms with Crippen LogP contribution in [-0.2, 0) is 10.9 Å². The van der Waals surface area contributed by atoms with Crippen molar-refractivity contribution in [1.29, 1.82) is 0 Å². The lowest BCUT2D eigenvalue weighted by molar-refractivity contribution is -0.210. The van der Waals surface area contributed by atoms with E-state index in [-0.39, 0.29) is 22.8 Å². The SMILES string of the molecule is OC[C@H]1O[C@@H](c2nncn2-c2ccc(Cl)c(C(F)(F)F)c2)[C@H](O)[C@@H](n2cc(-c3cc(F)c(F)c(F)c3)nn2)[C@H]1O. The highest BCUT2D eigenvalue weighted by Gasteiger charge is 2.48. The van der Waals surface area contributed by atoms with Crippen LogP contribution in [0, 0.1) is 17.5 Å². The van der Waals surface area contributed by atoms with Crippen LogP contribution < -0.4 is 0 Å². The summed E-state index contributed by atoms with van der Waals surface area (Å²) in [5, 5.41) is 46.5. The van der Waals surface area contributed by atoms with Gasteiger partial charge in [0.2, 0.25) is 0 Å². The van der Waals surface area contributed by atoms with E-state index in [1.54, 1.807) is 0 Å². The Balaban J connectivity index is 1.52. The van der Waals surface area contributed by atoms with Gasteiger partial charge in [-0.1, -0.05) is 16.8 Å². The molecule has 40 heavy (non-hydrogen) atoms. The highest BCUT2D eigenvalue weighted by molar-refractivity contribution is 6.31. The number of halogens is 7. The van der Waals surface area contributed by atoms with E-state index in [4.69, 9.17) is 16.3 Å². The lowest BCUT2D eigenvalue weighted by Crippen LogP contribution is -2.53. The molecule has 0 spiro atoms. The van der Waals surface area contributed by atoms with E-state index < -0.39 is 71.3 Å². The van der Waals surface area contributed by atoms with Gasteiger partial charge in [0.05, 0.1) is 23.4 Å². The van der Waals surface area contributed by atoms with Gasteiger partial charge < -0.3 is 20.1 Å². The fourth-order valence-corrected chi connectivity index (χ4v) is 4.63. The Bertz CT molecular complexity index is 1530. The number of hydrogen-bond donors (Lipinski definition) is 3. The lowest BCUT2D eigenvalue weighted by Gasteiger charge is -2.41. The molecule has 0 radical (unpaired) electrons. The maximum Gasteiger partial charge on any atom is 0.417 e. The second-order valence-corrected chi connectivity index (χ2v) is 9.22. The van der Waals surface area contributed by atoms with Crippen molar-refractivity contribution in [3.63, 3.8) is 0 Å². The van der Waals surface area contributed by atoms with E-state index in [9.17, 15) is 41.7 Å². The Kier molecular flexibility index (Phi) is 7.30. The minimum Gasteiger partial charge on any atom is -0.394 e. The van der Waals surface area contributed by atoms with Crippen LogP contribution in [-0.4, -0.2) is 70.0 Å². The van der Waals surface area contributed by atoms with Crippen molar-refractivity contribution in [1.82, 2.24) is 29.8 Å². The highest BCUT2D eigenvalue weighted by Crippen LogP contribution is 2.40. The van der Waals surface area contributed by atoms with Gasteiger partial charge in [-0.25, -0.2) is 17.9 Å². The summed E-state index contributed by atoms with van der Waals surface area (Å²) >= 11 is 5.71. The van der Waals surface area contributed by atoms with Gasteiger partial charge in [0, 0.05) is 11.3 Å². The van der Waals surface area contributed by atoms with Gasteiger partial charge in [-0.2, -0.15) is 13.2 Å². The first kappa shape index (κ1) is 28.0. The largest absolute Gasteiger partial charge is 0.417 e. The molecule has 4 aromatic rings. The zero-order valence-corrected chi connectivity index (χ0v) is 20.5. The molecule has 3 heterocycles. The second-order valence-electron chi connectivity index (χ2n) is 8.81. The molecule has 2 aromatic heterocycles. The van der Waals surface area contributed by atoms with Gasteiger partial charge in [0.1, 0.15) is 42.5 Å². The van der Waals surface area contributed by atoms with E-state index in [0.29, 0.717) is 12.1 Å². The summed E-state index contributed by atoms with van der Waals surface area (Å²) in [4.78, 5) is 0. The number of alkyl halides is 3. The Morgan fingerprint density at radius 1 is 1.00 bits per heavy atom. The molecule has 212 valence electrons. The fraction of sp³-hybridized carbons (Fsp3) is 0.304. The van der Waals surface area contributed by atoms with Crippen LogP contribution in [0.2, 0.25) is 5.02 Å². The third-order valence-electron chi connectivity index (χ3n) is 6.35. The standard InChI is InChI=1S/C23H17ClF6N6O4/c24-12-2-1-10(5-11(12)23(28,29)30)35-8-31-33-22(35)21-20(39)18(19(38)16(7-37)40-21)36-6-15(32-34-36)9-3-13(25)17(27)14(26)4-9/h1-6,8,16,18-21,37-39H,7H2/t16-,18+,19+,20-,21-/m1/s1. The van der Waals surface area contributed by atoms with Crippen LogP contribution in [0.4, 0.5) is 26.3 Å². The van der Waals surface area contributed by atoms with Crippen molar-refractivity contribution in [3.8, 4) is 16.9 Å². The minimum atomic E-state index is -4.78. The molecule has 3 N–H and O–H groups in total. The molecule has 0 unspecified atom stereocenters. The van der Waals surface area contributed by atoms with Crippen molar-refractivity contribution < 1.29 is 46.4 Å². The van der Waals surface area contributed by atoms with Gasteiger partial charge in [0.15, 0.2) is 23.3 Å².